The summed E-state index contributed by atoms with van der Waals surface area (Å²) in [5.41, 5.74) is 15.7. The molecule has 2 unspecified atom stereocenters. The van der Waals surface area contributed by atoms with Crippen molar-refractivity contribution in [3.63, 3.8) is 0 Å². The van der Waals surface area contributed by atoms with E-state index in [1.807, 2.05) is 11.1 Å². The molecule has 0 spiro atoms. The van der Waals surface area contributed by atoms with E-state index in [9.17, 15) is 0 Å². The molecule has 0 radical (unpaired) electrons. The van der Waals surface area contributed by atoms with E-state index >= 15 is 0 Å². The number of rotatable bonds is 6. The van der Waals surface area contributed by atoms with Crippen molar-refractivity contribution in [2.75, 3.05) is 0 Å². The van der Waals surface area contributed by atoms with Crippen LogP contribution in [0.2, 0.25) is 13.1 Å². The molecule has 2 saturated carbocycles. The number of fused-ring (bicyclic) bond motifs is 2. The molecule has 4 aromatic carbocycles. The number of hydrogen-bond donors (Lipinski definition) is 0. The van der Waals surface area contributed by atoms with Gasteiger partial charge in [0.15, 0.2) is 0 Å². The monoisotopic (exact) mass is 616 g/mol. The van der Waals surface area contributed by atoms with Crippen molar-refractivity contribution in [3.8, 4) is 22.3 Å². The predicted octanol–water partition coefficient (Wildman–Crippen LogP) is 11.6. The van der Waals surface area contributed by atoms with E-state index in [-0.39, 0.29) is 0 Å². The van der Waals surface area contributed by atoms with Gasteiger partial charge < -0.3 is 0 Å². The van der Waals surface area contributed by atoms with Crippen molar-refractivity contribution in [3.05, 3.63) is 130 Å². The summed E-state index contributed by atoms with van der Waals surface area (Å²) in [7, 11) is -2.29. The first-order valence-electron chi connectivity index (χ1n) is 18.8. The van der Waals surface area contributed by atoms with E-state index in [1.165, 1.54) is 86.5 Å². The van der Waals surface area contributed by atoms with Gasteiger partial charge in [-0.1, -0.05) is 0 Å². The third kappa shape index (κ3) is 5.51. The number of hydrogen-bond acceptors (Lipinski definition) is 0. The molecular weight excluding hydrogens is 570 g/mol. The molecule has 4 aliphatic rings. The maximum absolute atomic E-state index is 2.77. The molecule has 0 heterocycles. The third-order valence-corrected chi connectivity index (χ3v) is 16.2. The van der Waals surface area contributed by atoms with Crippen LogP contribution < -0.4 is 0 Å². The average molecular weight is 617 g/mol. The minimum absolute atomic E-state index is 0.486. The summed E-state index contributed by atoms with van der Waals surface area (Å²) in [4.78, 5) is 0. The average Bonchev–Trinajstić information content (AvgIpc) is 3.61. The Kier molecular flexibility index (Phi) is 9.02. The van der Waals surface area contributed by atoms with E-state index < -0.39 is 8.07 Å². The molecule has 0 bridgehead atoms. The van der Waals surface area contributed by atoms with E-state index in [0.29, 0.717) is 21.0 Å². The molecule has 0 nitrogen and oxygen atoms in total. The van der Waals surface area contributed by atoms with Gasteiger partial charge >= 0.3 is 305 Å². The second-order valence-corrected chi connectivity index (χ2v) is 19.9. The van der Waals surface area contributed by atoms with Crippen LogP contribution in [0.15, 0.2) is 108 Å². The van der Waals surface area contributed by atoms with Gasteiger partial charge in [0, 0.05) is 0 Å². The van der Waals surface area contributed by atoms with Crippen LogP contribution in [-0.2, 0) is 0 Å². The van der Waals surface area contributed by atoms with E-state index in [1.54, 1.807) is 32.6 Å². The summed E-state index contributed by atoms with van der Waals surface area (Å²) in [6.45, 7) is 5.55. The second kappa shape index (κ2) is 13.2. The van der Waals surface area contributed by atoms with Gasteiger partial charge in [0.25, 0.3) is 0 Å². The van der Waals surface area contributed by atoms with Crippen LogP contribution in [0.1, 0.15) is 95.6 Å². The summed E-state index contributed by atoms with van der Waals surface area (Å²) >= 11 is 5.12. The quantitative estimate of drug-likeness (QED) is 0.189. The second-order valence-electron chi connectivity index (χ2n) is 15.7. The first-order chi connectivity index (χ1) is 23.0. The zero-order valence-electron chi connectivity index (χ0n) is 29.1. The van der Waals surface area contributed by atoms with E-state index in [0.717, 1.165) is 0 Å². The topological polar surface area (TPSA) is 0 Å². The summed E-state index contributed by atoms with van der Waals surface area (Å²) in [5, 5.41) is 3.61. The Hall–Kier alpha value is -2.23. The van der Waals surface area contributed by atoms with Gasteiger partial charge in [-0.05, 0) is 0 Å². The van der Waals surface area contributed by atoms with Gasteiger partial charge in [-0.25, -0.2) is 0 Å². The van der Waals surface area contributed by atoms with E-state index in [4.69, 9.17) is 0 Å². The van der Waals surface area contributed by atoms with Crippen LogP contribution in [0.25, 0.3) is 32.6 Å². The SMILES string of the molecule is [Li][CH]1C(C2CCCCC2)=C([Si](C)(C)C2=C(C3CCCCC3)[CH]([Li])c3cccc(-c4ccccc4)c32)c2c(-c3ccccc3)cccc21. The van der Waals surface area contributed by atoms with Crippen LogP contribution in [0.5, 0.6) is 0 Å². The summed E-state index contributed by atoms with van der Waals surface area (Å²) in [6, 6.07) is 37.2. The fraction of sp³-hybridized carbons (Fsp3) is 0.364. The molecule has 8 rings (SSSR count). The first kappa shape index (κ1) is 32.0. The molecule has 4 aromatic rings. The van der Waals surface area contributed by atoms with Crippen molar-refractivity contribution in [2.45, 2.75) is 86.5 Å². The molecule has 0 N–H and O–H groups in total. The van der Waals surface area contributed by atoms with Crippen molar-refractivity contribution >= 4 is 53.9 Å². The van der Waals surface area contributed by atoms with Gasteiger partial charge in [-0.15, -0.1) is 0 Å². The molecule has 0 saturated heterocycles. The fourth-order valence-electron chi connectivity index (χ4n) is 10.6. The van der Waals surface area contributed by atoms with E-state index in [2.05, 4.69) is 146 Å². The summed E-state index contributed by atoms with van der Waals surface area (Å²) in [6.07, 6.45) is 13.8. The van der Waals surface area contributed by atoms with Gasteiger partial charge in [-0.3, -0.25) is 0 Å². The molecular formula is C44H46Li2Si. The Bertz CT molecular complexity index is 1700. The zero-order chi connectivity index (χ0) is 32.1. The van der Waals surface area contributed by atoms with Crippen LogP contribution in [0.3, 0.4) is 0 Å². The first-order valence-corrected chi connectivity index (χ1v) is 21.8. The zero-order valence-corrected chi connectivity index (χ0v) is 30.1. The molecule has 4 aliphatic carbocycles. The molecule has 0 aliphatic heterocycles. The van der Waals surface area contributed by atoms with Crippen LogP contribution in [-0.4, -0.2) is 43.5 Å². The normalized spacial score (nSPS) is 22.2. The maximum atomic E-state index is 2.77. The van der Waals surface area contributed by atoms with Gasteiger partial charge in [0.2, 0.25) is 0 Å². The molecule has 2 atom stereocenters. The Balaban J connectivity index is 1.44. The van der Waals surface area contributed by atoms with Crippen molar-refractivity contribution in [2.24, 2.45) is 11.8 Å². The number of allylic oxidation sites excluding steroid dienone is 2. The summed E-state index contributed by atoms with van der Waals surface area (Å²) in [5.74, 6) is 1.41. The van der Waals surface area contributed by atoms with Gasteiger partial charge in [-0.2, -0.15) is 0 Å². The standard InChI is InChI=1S/C44H46Si.2Li/c1-45(2,43-39(33-21-11-5-12-22-33)29-35-25-15-27-37(41(35)43)31-17-7-3-8-18-31)44-40(34-23-13-6-14-24-34)30-36-26-16-28-38(42(36)44)32-19-9-4-10-20-32;;/h3-4,7-10,15-20,25-30,33-34H,5-6,11-14,21-24H2,1-2H3;;. The third-order valence-electron chi connectivity index (χ3n) is 12.6. The molecule has 0 amide bonds. The fourth-order valence-corrected chi connectivity index (χ4v) is 15.0. The predicted molar refractivity (Wildman–Crippen MR) is 205 cm³/mol. The van der Waals surface area contributed by atoms with Crippen LogP contribution in [0, 0.1) is 11.8 Å². The molecule has 47 heavy (non-hydrogen) atoms. The molecule has 2 fully saturated rings. The van der Waals surface area contributed by atoms with Crippen molar-refractivity contribution < 1.29 is 0 Å². The van der Waals surface area contributed by atoms with Crippen molar-refractivity contribution in [1.82, 2.24) is 0 Å². The molecule has 0 aromatic heterocycles. The van der Waals surface area contributed by atoms with Gasteiger partial charge in [0.05, 0.1) is 0 Å². The minimum atomic E-state index is -2.29. The Morgan fingerprint density at radius 2 is 0.851 bits per heavy atom. The van der Waals surface area contributed by atoms with Crippen LogP contribution in [0.4, 0.5) is 0 Å². The Labute approximate surface area is 303 Å². The van der Waals surface area contributed by atoms with Crippen molar-refractivity contribution in [1.29, 1.82) is 0 Å². The summed E-state index contributed by atoms with van der Waals surface area (Å²) < 4.78 is 0.972. The Morgan fingerprint density at radius 1 is 0.468 bits per heavy atom. The molecule has 3 heteroatoms. The van der Waals surface area contributed by atoms with Crippen LogP contribution >= 0.6 is 0 Å². The van der Waals surface area contributed by atoms with Gasteiger partial charge in [0.1, 0.15) is 0 Å². The molecule has 228 valence electrons. The Morgan fingerprint density at radius 3 is 1.23 bits per heavy atom. The number of benzene rings is 4.